The van der Waals surface area contributed by atoms with Gasteiger partial charge in [-0.25, -0.2) is 0 Å². The predicted molar refractivity (Wildman–Crippen MR) is 99.8 cm³/mol. The van der Waals surface area contributed by atoms with Crippen LogP contribution in [-0.2, 0) is 0 Å². The van der Waals surface area contributed by atoms with E-state index < -0.39 is 0 Å². The van der Waals surface area contributed by atoms with Crippen LogP contribution in [0.3, 0.4) is 0 Å². The highest BCUT2D eigenvalue weighted by Crippen LogP contribution is 2.39. The van der Waals surface area contributed by atoms with Crippen LogP contribution in [0.1, 0.15) is 41.0 Å². The molecule has 1 N–H and O–H groups in total. The second-order valence-electron chi connectivity index (χ2n) is 6.58. The van der Waals surface area contributed by atoms with Gasteiger partial charge in [-0.15, -0.1) is 0 Å². The molecule has 0 aromatic heterocycles. The highest BCUT2D eigenvalue weighted by atomic mass is 35.5. The predicted octanol–water partition coefficient (Wildman–Crippen LogP) is 5.74. The minimum absolute atomic E-state index is 0.355. The van der Waals surface area contributed by atoms with Gasteiger partial charge < -0.3 is 5.32 Å². The highest BCUT2D eigenvalue weighted by Gasteiger charge is 2.27. The third-order valence-electron chi connectivity index (χ3n) is 4.97. The molecule has 122 valence electrons. The molecule has 1 aliphatic rings. The van der Waals surface area contributed by atoms with E-state index in [1.807, 2.05) is 13.8 Å². The van der Waals surface area contributed by atoms with E-state index in [9.17, 15) is 0 Å². The van der Waals surface area contributed by atoms with Crippen molar-refractivity contribution < 1.29 is 0 Å². The molecule has 0 bridgehead atoms. The second kappa shape index (κ2) is 7.25. The average molecular weight is 348 g/mol. The Morgan fingerprint density at radius 1 is 0.870 bits per heavy atom. The monoisotopic (exact) mass is 347 g/mol. The van der Waals surface area contributed by atoms with Crippen LogP contribution in [0.4, 0.5) is 0 Å². The van der Waals surface area contributed by atoms with Gasteiger partial charge in [0, 0.05) is 16.0 Å². The van der Waals surface area contributed by atoms with Crippen LogP contribution in [0.15, 0.2) is 36.4 Å². The topological polar surface area (TPSA) is 12.0 Å². The van der Waals surface area contributed by atoms with Crippen molar-refractivity contribution in [3.8, 4) is 0 Å². The highest BCUT2D eigenvalue weighted by molar-refractivity contribution is 6.31. The van der Waals surface area contributed by atoms with Gasteiger partial charge in [-0.2, -0.15) is 0 Å². The minimum Gasteiger partial charge on any atom is -0.317 e. The Kier molecular flexibility index (Phi) is 5.31. The van der Waals surface area contributed by atoms with Gasteiger partial charge in [0.05, 0.1) is 0 Å². The molecule has 0 radical (unpaired) electrons. The molecule has 0 amide bonds. The van der Waals surface area contributed by atoms with E-state index in [-0.39, 0.29) is 0 Å². The number of halogens is 2. The number of piperidine rings is 1. The lowest BCUT2D eigenvalue weighted by Crippen LogP contribution is -2.31. The molecule has 3 heteroatoms. The molecule has 2 aromatic rings. The first-order valence-corrected chi connectivity index (χ1v) is 9.04. The molecular formula is C20H23Cl2N. The molecule has 1 aliphatic heterocycles. The van der Waals surface area contributed by atoms with Gasteiger partial charge in [-0.3, -0.25) is 0 Å². The average Bonchev–Trinajstić information content (AvgIpc) is 2.55. The maximum absolute atomic E-state index is 6.40. The molecular weight excluding hydrogens is 325 g/mol. The molecule has 1 saturated heterocycles. The Balaban J connectivity index is 2.04. The van der Waals surface area contributed by atoms with Gasteiger partial charge >= 0.3 is 0 Å². The van der Waals surface area contributed by atoms with Crippen molar-refractivity contribution in [2.75, 3.05) is 13.1 Å². The summed E-state index contributed by atoms with van der Waals surface area (Å²) in [5.74, 6) is 0.974. The standard InChI is InChI=1S/C20H23Cl2N/c1-13-3-5-16(11-18(13)21)20(15-7-9-23-10-8-15)17-6-4-14(2)19(22)12-17/h3-6,11-12,15,20,23H,7-10H2,1-2H3. The van der Waals surface area contributed by atoms with Gasteiger partial charge in [-0.1, -0.05) is 47.5 Å². The summed E-state index contributed by atoms with van der Waals surface area (Å²) in [6.45, 7) is 6.27. The third kappa shape index (κ3) is 3.74. The van der Waals surface area contributed by atoms with Crippen molar-refractivity contribution in [3.63, 3.8) is 0 Å². The molecule has 0 aliphatic carbocycles. The van der Waals surface area contributed by atoms with Gasteiger partial charge in [0.2, 0.25) is 0 Å². The van der Waals surface area contributed by atoms with Crippen LogP contribution in [0, 0.1) is 19.8 Å². The van der Waals surface area contributed by atoms with Crippen LogP contribution >= 0.6 is 23.2 Å². The van der Waals surface area contributed by atoms with Crippen molar-refractivity contribution in [2.45, 2.75) is 32.6 Å². The van der Waals surface area contributed by atoms with Crippen LogP contribution in [0.2, 0.25) is 10.0 Å². The lowest BCUT2D eigenvalue weighted by atomic mass is 9.76. The van der Waals surface area contributed by atoms with E-state index in [4.69, 9.17) is 23.2 Å². The zero-order chi connectivity index (χ0) is 16.4. The maximum atomic E-state index is 6.40. The van der Waals surface area contributed by atoms with Crippen molar-refractivity contribution in [3.05, 3.63) is 68.7 Å². The molecule has 1 fully saturated rings. The van der Waals surface area contributed by atoms with E-state index in [1.54, 1.807) is 0 Å². The van der Waals surface area contributed by atoms with Crippen LogP contribution in [-0.4, -0.2) is 13.1 Å². The molecule has 2 aromatic carbocycles. The molecule has 3 rings (SSSR count). The summed E-state index contributed by atoms with van der Waals surface area (Å²) in [4.78, 5) is 0. The van der Waals surface area contributed by atoms with Gasteiger partial charge in [-0.05, 0) is 80.1 Å². The fourth-order valence-corrected chi connectivity index (χ4v) is 3.90. The summed E-state index contributed by atoms with van der Waals surface area (Å²) in [7, 11) is 0. The Bertz CT molecular complexity index is 639. The molecule has 0 saturated carbocycles. The van der Waals surface area contributed by atoms with Crippen molar-refractivity contribution in [1.82, 2.24) is 5.32 Å². The number of benzene rings is 2. The van der Waals surface area contributed by atoms with E-state index in [2.05, 4.69) is 41.7 Å². The Morgan fingerprint density at radius 3 is 1.78 bits per heavy atom. The summed E-state index contributed by atoms with van der Waals surface area (Å²) in [6.07, 6.45) is 2.36. The molecule has 1 heterocycles. The summed E-state index contributed by atoms with van der Waals surface area (Å²) in [6, 6.07) is 13.0. The van der Waals surface area contributed by atoms with Crippen LogP contribution in [0.25, 0.3) is 0 Å². The molecule has 23 heavy (non-hydrogen) atoms. The maximum Gasteiger partial charge on any atom is 0.0438 e. The van der Waals surface area contributed by atoms with Crippen molar-refractivity contribution >= 4 is 23.2 Å². The van der Waals surface area contributed by atoms with E-state index in [1.165, 1.54) is 24.0 Å². The largest absolute Gasteiger partial charge is 0.317 e. The zero-order valence-corrected chi connectivity index (χ0v) is 15.2. The fraction of sp³-hybridized carbons (Fsp3) is 0.400. The van der Waals surface area contributed by atoms with E-state index >= 15 is 0 Å². The molecule has 0 unspecified atom stereocenters. The van der Waals surface area contributed by atoms with Gasteiger partial charge in [0.25, 0.3) is 0 Å². The Labute approximate surface area is 149 Å². The summed E-state index contributed by atoms with van der Waals surface area (Å²) in [5, 5.41) is 5.16. The first kappa shape index (κ1) is 16.8. The Morgan fingerprint density at radius 2 is 1.35 bits per heavy atom. The zero-order valence-electron chi connectivity index (χ0n) is 13.7. The number of hydrogen-bond acceptors (Lipinski definition) is 1. The SMILES string of the molecule is Cc1ccc(C(c2ccc(C)c(Cl)c2)C2CCNCC2)cc1Cl. The fourth-order valence-electron chi connectivity index (χ4n) is 3.52. The number of nitrogens with one attached hydrogen (secondary N) is 1. The Hall–Kier alpha value is -1.02. The number of aryl methyl sites for hydroxylation is 2. The summed E-state index contributed by atoms with van der Waals surface area (Å²) in [5.41, 5.74) is 4.85. The first-order valence-electron chi connectivity index (χ1n) is 8.29. The second-order valence-corrected chi connectivity index (χ2v) is 7.40. The lowest BCUT2D eigenvalue weighted by Gasteiger charge is -2.32. The molecule has 0 atom stereocenters. The van der Waals surface area contributed by atoms with E-state index in [0.717, 1.165) is 34.3 Å². The van der Waals surface area contributed by atoms with Gasteiger partial charge in [0.15, 0.2) is 0 Å². The van der Waals surface area contributed by atoms with E-state index in [0.29, 0.717) is 11.8 Å². The smallest absolute Gasteiger partial charge is 0.0438 e. The summed E-state index contributed by atoms with van der Waals surface area (Å²) >= 11 is 12.8. The normalized spacial score (nSPS) is 16.0. The quantitative estimate of drug-likeness (QED) is 0.746. The number of rotatable bonds is 3. The summed E-state index contributed by atoms with van der Waals surface area (Å²) < 4.78 is 0. The number of hydrogen-bond donors (Lipinski definition) is 1. The third-order valence-corrected chi connectivity index (χ3v) is 5.78. The molecule has 1 nitrogen and oxygen atoms in total. The minimum atomic E-state index is 0.355. The molecule has 0 spiro atoms. The van der Waals surface area contributed by atoms with Gasteiger partial charge in [0.1, 0.15) is 0 Å². The van der Waals surface area contributed by atoms with Crippen LogP contribution < -0.4 is 5.32 Å². The van der Waals surface area contributed by atoms with Crippen LogP contribution in [0.5, 0.6) is 0 Å². The van der Waals surface area contributed by atoms with Crippen molar-refractivity contribution in [2.24, 2.45) is 5.92 Å². The lowest BCUT2D eigenvalue weighted by molar-refractivity contribution is 0.342. The first-order chi connectivity index (χ1) is 11.1. The van der Waals surface area contributed by atoms with Crippen molar-refractivity contribution in [1.29, 1.82) is 0 Å².